The van der Waals surface area contributed by atoms with E-state index in [0.29, 0.717) is 5.82 Å². The van der Waals surface area contributed by atoms with Crippen LogP contribution in [0.1, 0.15) is 0 Å². The lowest BCUT2D eigenvalue weighted by atomic mass is 10.0. The molecule has 0 atom stereocenters. The Labute approximate surface area is 323 Å². The molecule has 0 fully saturated rings. The standard InChI is InChI=1S/C51H33N5/c1-4-15-34(16-5-1)44-33-45(35-17-6-2-7-18-35)54-51(53-44)37-19-12-22-39(31-37)56-46-26-11-10-23-41(46)42-25-13-24-40(50(42)56)36-28-29-43-48(32-36)55(38-20-8-3-9-21-38)47-27-14-30-52-49(43)47/h1-33H. The number of hydrogen-bond acceptors (Lipinski definition) is 3. The summed E-state index contributed by atoms with van der Waals surface area (Å²) in [7, 11) is 0. The third-order valence-corrected chi connectivity index (χ3v) is 10.8. The Balaban J connectivity index is 1.13. The Morgan fingerprint density at radius 3 is 1.75 bits per heavy atom. The van der Waals surface area contributed by atoms with Crippen molar-refractivity contribution < 1.29 is 0 Å². The van der Waals surface area contributed by atoms with E-state index in [-0.39, 0.29) is 0 Å². The number of nitrogens with zero attached hydrogens (tertiary/aromatic N) is 5. The molecule has 0 saturated carbocycles. The molecule has 11 aromatic rings. The second-order valence-corrected chi connectivity index (χ2v) is 14.1. The van der Waals surface area contributed by atoms with Gasteiger partial charge in [-0.2, -0.15) is 0 Å². The molecular weight excluding hydrogens is 683 g/mol. The van der Waals surface area contributed by atoms with E-state index in [1.165, 1.54) is 10.8 Å². The number of para-hydroxylation sites is 3. The van der Waals surface area contributed by atoms with E-state index in [0.717, 1.165) is 83.5 Å². The van der Waals surface area contributed by atoms with Crippen LogP contribution in [-0.4, -0.2) is 24.1 Å². The minimum atomic E-state index is 0.681. The second-order valence-electron chi connectivity index (χ2n) is 14.1. The van der Waals surface area contributed by atoms with E-state index < -0.39 is 0 Å². The zero-order valence-electron chi connectivity index (χ0n) is 30.3. The van der Waals surface area contributed by atoms with E-state index in [1.807, 2.05) is 24.4 Å². The van der Waals surface area contributed by atoms with Gasteiger partial charge in [-0.15, -0.1) is 0 Å². The first-order valence-corrected chi connectivity index (χ1v) is 18.9. The maximum Gasteiger partial charge on any atom is 0.160 e. The molecule has 0 aliphatic rings. The predicted molar refractivity (Wildman–Crippen MR) is 230 cm³/mol. The molecule has 0 amide bonds. The highest BCUT2D eigenvalue weighted by Crippen LogP contribution is 2.41. The fourth-order valence-electron chi connectivity index (χ4n) is 8.25. The molecule has 0 saturated heterocycles. The van der Waals surface area contributed by atoms with Gasteiger partial charge in [0.1, 0.15) is 0 Å². The van der Waals surface area contributed by atoms with Gasteiger partial charge in [0.15, 0.2) is 5.82 Å². The summed E-state index contributed by atoms with van der Waals surface area (Å²) >= 11 is 0. The maximum atomic E-state index is 5.16. The van der Waals surface area contributed by atoms with Crippen LogP contribution in [0.4, 0.5) is 0 Å². The molecule has 0 bridgehead atoms. The number of fused-ring (bicyclic) bond motifs is 6. The van der Waals surface area contributed by atoms with Crippen LogP contribution in [0.5, 0.6) is 0 Å². The normalized spacial score (nSPS) is 11.6. The quantitative estimate of drug-likeness (QED) is 0.172. The summed E-state index contributed by atoms with van der Waals surface area (Å²) in [5, 5.41) is 3.52. The van der Waals surface area contributed by atoms with Crippen molar-refractivity contribution in [3.8, 4) is 56.4 Å². The molecule has 56 heavy (non-hydrogen) atoms. The van der Waals surface area contributed by atoms with Crippen molar-refractivity contribution in [2.24, 2.45) is 0 Å². The van der Waals surface area contributed by atoms with Crippen molar-refractivity contribution in [2.75, 3.05) is 0 Å². The predicted octanol–water partition coefficient (Wildman–Crippen LogP) is 12.7. The van der Waals surface area contributed by atoms with Crippen LogP contribution in [0.15, 0.2) is 200 Å². The summed E-state index contributed by atoms with van der Waals surface area (Å²) in [5.74, 6) is 0.681. The van der Waals surface area contributed by atoms with Gasteiger partial charge in [0, 0.05) is 56.0 Å². The van der Waals surface area contributed by atoms with Gasteiger partial charge in [-0.05, 0) is 66.2 Å². The Bertz CT molecular complexity index is 3180. The number of pyridine rings is 1. The van der Waals surface area contributed by atoms with E-state index in [4.69, 9.17) is 15.0 Å². The van der Waals surface area contributed by atoms with E-state index >= 15 is 0 Å². The molecule has 0 aliphatic carbocycles. The maximum absolute atomic E-state index is 5.16. The van der Waals surface area contributed by atoms with E-state index in [1.54, 1.807) is 0 Å². The topological polar surface area (TPSA) is 48.5 Å². The Morgan fingerprint density at radius 2 is 0.982 bits per heavy atom. The second kappa shape index (κ2) is 13.0. The lowest BCUT2D eigenvalue weighted by Gasteiger charge is -2.14. The molecule has 5 nitrogen and oxygen atoms in total. The summed E-state index contributed by atoms with van der Waals surface area (Å²) in [5.41, 5.74) is 14.7. The summed E-state index contributed by atoms with van der Waals surface area (Å²) in [6, 6.07) is 68.3. The van der Waals surface area contributed by atoms with Gasteiger partial charge in [-0.3, -0.25) is 4.98 Å². The Kier molecular flexibility index (Phi) is 7.42. The number of benzene rings is 7. The van der Waals surface area contributed by atoms with Gasteiger partial charge >= 0.3 is 0 Å². The smallest absolute Gasteiger partial charge is 0.160 e. The fourth-order valence-corrected chi connectivity index (χ4v) is 8.25. The van der Waals surface area contributed by atoms with Gasteiger partial charge in [0.25, 0.3) is 0 Å². The minimum Gasteiger partial charge on any atom is -0.309 e. The molecule has 0 unspecified atom stereocenters. The monoisotopic (exact) mass is 715 g/mol. The van der Waals surface area contributed by atoms with Crippen LogP contribution in [0, 0.1) is 0 Å². The SMILES string of the molecule is c1ccc(-c2cc(-c3ccccc3)nc(-c3cccc(-n4c5ccccc5c5cccc(-c6ccc7c8ncccc8n(-c8ccccc8)c7c6)c54)c3)n2)cc1. The zero-order valence-corrected chi connectivity index (χ0v) is 30.3. The van der Waals surface area contributed by atoms with Crippen LogP contribution in [0.3, 0.4) is 0 Å². The van der Waals surface area contributed by atoms with Gasteiger partial charge < -0.3 is 9.13 Å². The van der Waals surface area contributed by atoms with Crippen LogP contribution in [0.2, 0.25) is 0 Å². The summed E-state index contributed by atoms with van der Waals surface area (Å²) in [4.78, 5) is 15.2. The molecule has 11 rings (SSSR count). The van der Waals surface area contributed by atoms with Crippen LogP contribution < -0.4 is 0 Å². The van der Waals surface area contributed by atoms with Gasteiger partial charge in [-0.25, -0.2) is 9.97 Å². The molecule has 262 valence electrons. The van der Waals surface area contributed by atoms with E-state index in [9.17, 15) is 0 Å². The van der Waals surface area contributed by atoms with Crippen molar-refractivity contribution in [1.29, 1.82) is 0 Å². The number of aromatic nitrogens is 5. The van der Waals surface area contributed by atoms with Gasteiger partial charge in [0.2, 0.25) is 0 Å². The lowest BCUT2D eigenvalue weighted by Crippen LogP contribution is -1.99. The molecule has 4 aromatic heterocycles. The first-order chi connectivity index (χ1) is 27.8. The average molecular weight is 716 g/mol. The van der Waals surface area contributed by atoms with Gasteiger partial charge in [-0.1, -0.05) is 133 Å². The first kappa shape index (κ1) is 31.9. The Morgan fingerprint density at radius 1 is 0.357 bits per heavy atom. The van der Waals surface area contributed by atoms with Crippen molar-refractivity contribution in [3.63, 3.8) is 0 Å². The highest BCUT2D eigenvalue weighted by Gasteiger charge is 2.20. The molecule has 0 spiro atoms. The van der Waals surface area contributed by atoms with Gasteiger partial charge in [0.05, 0.1) is 39.0 Å². The molecule has 0 N–H and O–H groups in total. The lowest BCUT2D eigenvalue weighted by molar-refractivity contribution is 1.16. The van der Waals surface area contributed by atoms with Crippen molar-refractivity contribution in [3.05, 3.63) is 200 Å². The largest absolute Gasteiger partial charge is 0.309 e. The minimum absolute atomic E-state index is 0.681. The fraction of sp³-hybridized carbons (Fsp3) is 0. The van der Waals surface area contributed by atoms with Crippen LogP contribution >= 0.6 is 0 Å². The zero-order chi connectivity index (χ0) is 37.0. The summed E-state index contributed by atoms with van der Waals surface area (Å²) in [6.07, 6.45) is 1.88. The third-order valence-electron chi connectivity index (χ3n) is 10.8. The summed E-state index contributed by atoms with van der Waals surface area (Å²) < 4.78 is 4.73. The first-order valence-electron chi connectivity index (χ1n) is 18.9. The van der Waals surface area contributed by atoms with Crippen molar-refractivity contribution in [1.82, 2.24) is 24.1 Å². The number of rotatable bonds is 6. The third kappa shape index (κ3) is 5.21. The molecule has 5 heteroatoms. The van der Waals surface area contributed by atoms with Crippen LogP contribution in [0.25, 0.3) is 100 Å². The van der Waals surface area contributed by atoms with Crippen molar-refractivity contribution in [2.45, 2.75) is 0 Å². The van der Waals surface area contributed by atoms with E-state index in [2.05, 4.69) is 185 Å². The Hall–Kier alpha value is -7.63. The average Bonchev–Trinajstić information content (AvgIpc) is 3.80. The molecule has 7 aromatic carbocycles. The highest BCUT2D eigenvalue weighted by molar-refractivity contribution is 6.15. The number of hydrogen-bond donors (Lipinski definition) is 0. The summed E-state index contributed by atoms with van der Waals surface area (Å²) in [6.45, 7) is 0. The highest BCUT2D eigenvalue weighted by atomic mass is 15.0. The van der Waals surface area contributed by atoms with Crippen LogP contribution in [-0.2, 0) is 0 Å². The molecule has 4 heterocycles. The molecule has 0 aliphatic heterocycles. The molecule has 0 radical (unpaired) electrons. The molecular formula is C51H33N5. The van der Waals surface area contributed by atoms with Crippen molar-refractivity contribution >= 4 is 43.7 Å².